The molecule has 0 fully saturated rings. The van der Waals surface area contributed by atoms with Crippen molar-refractivity contribution in [2.45, 2.75) is 20.3 Å². The fraction of sp³-hybridized carbons (Fsp3) is 0.222. The first-order valence-electron chi connectivity index (χ1n) is 7.58. The molecule has 0 unspecified atom stereocenters. The Kier molecular flexibility index (Phi) is 4.28. The van der Waals surface area contributed by atoms with E-state index in [9.17, 15) is 4.79 Å². The minimum absolute atomic E-state index is 0.0364. The smallest absolute Gasteiger partial charge is 0.226 e. The van der Waals surface area contributed by atoms with Gasteiger partial charge in [-0.3, -0.25) is 4.79 Å². The molecule has 3 rings (SSSR count). The van der Waals surface area contributed by atoms with Gasteiger partial charge in [0.15, 0.2) is 11.5 Å². The van der Waals surface area contributed by atoms with Crippen LogP contribution in [0.3, 0.4) is 0 Å². The second-order valence-electron chi connectivity index (χ2n) is 5.46. The minimum atomic E-state index is -0.0364. The summed E-state index contributed by atoms with van der Waals surface area (Å²) in [4.78, 5) is 16.3. The maximum Gasteiger partial charge on any atom is 0.226 e. The maximum atomic E-state index is 12.0. The average Bonchev–Trinajstić information content (AvgIpc) is 2.88. The zero-order valence-corrected chi connectivity index (χ0v) is 13.2. The lowest BCUT2D eigenvalue weighted by atomic mass is 10.2. The Balaban J connectivity index is 1.55. The van der Waals surface area contributed by atoms with Crippen LogP contribution in [0.4, 0.5) is 11.4 Å². The number of para-hydroxylation sites is 1. The number of carbonyl (C=O) groups excluding carboxylic acids is 1. The summed E-state index contributed by atoms with van der Waals surface area (Å²) in [5, 5.41) is 6.16. The summed E-state index contributed by atoms with van der Waals surface area (Å²) in [6, 6.07) is 13.5. The number of oxazole rings is 1. The third-order valence-corrected chi connectivity index (χ3v) is 3.59. The van der Waals surface area contributed by atoms with Crippen LogP contribution in [0.15, 0.2) is 46.9 Å². The highest BCUT2D eigenvalue weighted by Crippen LogP contribution is 2.19. The van der Waals surface area contributed by atoms with E-state index in [1.54, 1.807) is 6.92 Å². The third-order valence-electron chi connectivity index (χ3n) is 3.59. The van der Waals surface area contributed by atoms with Crippen LogP contribution in [0.2, 0.25) is 0 Å². The van der Waals surface area contributed by atoms with E-state index in [-0.39, 0.29) is 5.91 Å². The minimum Gasteiger partial charge on any atom is -0.441 e. The Morgan fingerprint density at radius 1 is 1.17 bits per heavy atom. The van der Waals surface area contributed by atoms with Crippen molar-refractivity contribution < 1.29 is 9.21 Å². The first-order chi connectivity index (χ1) is 11.1. The molecule has 0 bridgehead atoms. The van der Waals surface area contributed by atoms with Crippen LogP contribution in [-0.2, 0) is 4.79 Å². The molecule has 0 spiro atoms. The molecule has 5 heteroatoms. The van der Waals surface area contributed by atoms with E-state index in [0.717, 1.165) is 22.5 Å². The van der Waals surface area contributed by atoms with E-state index >= 15 is 0 Å². The molecule has 0 radical (unpaired) electrons. The molecule has 3 aromatic rings. The highest BCUT2D eigenvalue weighted by molar-refractivity contribution is 5.93. The number of hydrogen-bond acceptors (Lipinski definition) is 4. The van der Waals surface area contributed by atoms with Gasteiger partial charge in [0.2, 0.25) is 5.91 Å². The third kappa shape index (κ3) is 3.69. The second-order valence-corrected chi connectivity index (χ2v) is 5.46. The molecular weight excluding hydrogens is 290 g/mol. The van der Waals surface area contributed by atoms with Crippen LogP contribution in [0.25, 0.3) is 11.1 Å². The molecular formula is C18H19N3O2. The van der Waals surface area contributed by atoms with Crippen molar-refractivity contribution in [3.63, 3.8) is 0 Å². The van der Waals surface area contributed by atoms with E-state index in [2.05, 4.69) is 15.6 Å². The zero-order valence-electron chi connectivity index (χ0n) is 13.2. The molecule has 0 saturated heterocycles. The standard InChI is InChI=1S/C18H19N3O2/c1-12-5-3-4-6-15(12)19-10-9-18(22)21-14-7-8-17-16(11-14)20-13(2)23-17/h3-8,11,19H,9-10H2,1-2H3,(H,21,22). The summed E-state index contributed by atoms with van der Waals surface area (Å²) in [5.74, 6) is 0.580. The van der Waals surface area contributed by atoms with Crippen molar-refractivity contribution in [3.05, 3.63) is 53.9 Å². The highest BCUT2D eigenvalue weighted by Gasteiger charge is 2.06. The van der Waals surface area contributed by atoms with E-state index in [4.69, 9.17) is 4.42 Å². The lowest BCUT2D eigenvalue weighted by Crippen LogP contribution is -2.16. The Morgan fingerprint density at radius 2 is 2.00 bits per heavy atom. The number of anilines is 2. The van der Waals surface area contributed by atoms with Crippen molar-refractivity contribution in [2.24, 2.45) is 0 Å². The van der Waals surface area contributed by atoms with E-state index in [1.807, 2.05) is 49.4 Å². The summed E-state index contributed by atoms with van der Waals surface area (Å²) >= 11 is 0. The van der Waals surface area contributed by atoms with E-state index in [0.29, 0.717) is 18.9 Å². The molecule has 2 aromatic carbocycles. The maximum absolute atomic E-state index is 12.0. The van der Waals surface area contributed by atoms with Gasteiger partial charge in [-0.05, 0) is 36.8 Å². The number of amides is 1. The van der Waals surface area contributed by atoms with Gasteiger partial charge in [0, 0.05) is 31.3 Å². The SMILES string of the molecule is Cc1nc2cc(NC(=O)CCNc3ccccc3C)ccc2o1. The molecule has 1 amide bonds. The van der Waals surface area contributed by atoms with Gasteiger partial charge >= 0.3 is 0 Å². The van der Waals surface area contributed by atoms with Gasteiger partial charge in [0.1, 0.15) is 5.52 Å². The van der Waals surface area contributed by atoms with Crippen molar-refractivity contribution in [2.75, 3.05) is 17.2 Å². The molecule has 118 valence electrons. The Hall–Kier alpha value is -2.82. The first-order valence-corrected chi connectivity index (χ1v) is 7.58. The lowest BCUT2D eigenvalue weighted by molar-refractivity contribution is -0.115. The topological polar surface area (TPSA) is 67.2 Å². The van der Waals surface area contributed by atoms with E-state index in [1.165, 1.54) is 5.56 Å². The molecule has 5 nitrogen and oxygen atoms in total. The van der Waals surface area contributed by atoms with Crippen molar-refractivity contribution in [3.8, 4) is 0 Å². The number of nitrogens with one attached hydrogen (secondary N) is 2. The molecule has 0 atom stereocenters. The molecule has 0 saturated carbocycles. The van der Waals surface area contributed by atoms with Crippen LogP contribution in [0, 0.1) is 13.8 Å². The Morgan fingerprint density at radius 3 is 2.83 bits per heavy atom. The van der Waals surface area contributed by atoms with Gasteiger partial charge in [0.25, 0.3) is 0 Å². The first kappa shape index (κ1) is 15.1. The molecule has 0 aliphatic carbocycles. The molecule has 0 aliphatic rings. The predicted octanol–water partition coefficient (Wildman–Crippen LogP) is 3.89. The molecule has 2 N–H and O–H groups in total. The molecule has 1 heterocycles. The van der Waals surface area contributed by atoms with E-state index < -0.39 is 0 Å². The number of carbonyl (C=O) groups is 1. The van der Waals surface area contributed by atoms with Crippen molar-refractivity contribution in [1.29, 1.82) is 0 Å². The monoisotopic (exact) mass is 309 g/mol. The summed E-state index contributed by atoms with van der Waals surface area (Å²) in [5.41, 5.74) is 4.42. The summed E-state index contributed by atoms with van der Waals surface area (Å²) in [6.45, 7) is 4.43. The van der Waals surface area contributed by atoms with Gasteiger partial charge < -0.3 is 15.1 Å². The summed E-state index contributed by atoms with van der Waals surface area (Å²) in [7, 11) is 0. The van der Waals surface area contributed by atoms with Crippen LogP contribution < -0.4 is 10.6 Å². The van der Waals surface area contributed by atoms with Gasteiger partial charge in [-0.1, -0.05) is 18.2 Å². The number of benzene rings is 2. The van der Waals surface area contributed by atoms with Crippen LogP contribution >= 0.6 is 0 Å². The lowest BCUT2D eigenvalue weighted by Gasteiger charge is -2.09. The Bertz CT molecular complexity index is 839. The molecule has 0 aliphatic heterocycles. The van der Waals surface area contributed by atoms with Crippen LogP contribution in [-0.4, -0.2) is 17.4 Å². The van der Waals surface area contributed by atoms with Gasteiger partial charge in [-0.15, -0.1) is 0 Å². The van der Waals surface area contributed by atoms with Gasteiger partial charge in [-0.2, -0.15) is 0 Å². The number of aromatic nitrogens is 1. The quantitative estimate of drug-likeness (QED) is 0.750. The van der Waals surface area contributed by atoms with Gasteiger partial charge in [-0.25, -0.2) is 4.98 Å². The largest absolute Gasteiger partial charge is 0.441 e. The molecule has 1 aromatic heterocycles. The second kappa shape index (κ2) is 6.52. The zero-order chi connectivity index (χ0) is 16.2. The fourth-order valence-electron chi connectivity index (χ4n) is 2.43. The van der Waals surface area contributed by atoms with Crippen LogP contribution in [0.5, 0.6) is 0 Å². The van der Waals surface area contributed by atoms with Crippen molar-refractivity contribution >= 4 is 28.4 Å². The number of hydrogen-bond donors (Lipinski definition) is 2. The van der Waals surface area contributed by atoms with Crippen molar-refractivity contribution in [1.82, 2.24) is 4.98 Å². The summed E-state index contributed by atoms with van der Waals surface area (Å²) < 4.78 is 5.42. The number of nitrogens with zero attached hydrogens (tertiary/aromatic N) is 1. The highest BCUT2D eigenvalue weighted by atomic mass is 16.3. The number of rotatable bonds is 5. The molecule has 23 heavy (non-hydrogen) atoms. The Labute approximate surface area is 134 Å². The fourth-order valence-corrected chi connectivity index (χ4v) is 2.43. The summed E-state index contributed by atoms with van der Waals surface area (Å²) in [6.07, 6.45) is 0.393. The van der Waals surface area contributed by atoms with Crippen LogP contribution in [0.1, 0.15) is 17.9 Å². The predicted molar refractivity (Wildman–Crippen MR) is 91.7 cm³/mol. The van der Waals surface area contributed by atoms with Gasteiger partial charge in [0.05, 0.1) is 0 Å². The number of aryl methyl sites for hydroxylation is 2. The normalized spacial score (nSPS) is 10.7. The average molecular weight is 309 g/mol. The number of fused-ring (bicyclic) bond motifs is 1.